The van der Waals surface area contributed by atoms with Crippen LogP contribution in [0, 0.1) is 5.82 Å². The van der Waals surface area contributed by atoms with Crippen LogP contribution in [-0.4, -0.2) is 5.91 Å². The minimum atomic E-state index is -0.277. The smallest absolute Gasteiger partial charge is 0.224 e. The molecule has 3 heteroatoms. The number of carbonyl (C=O) groups is 1. The highest BCUT2D eigenvalue weighted by atomic mass is 19.1. The Morgan fingerprint density at radius 3 is 2.71 bits per heavy atom. The Morgan fingerprint density at radius 1 is 1.14 bits per heavy atom. The van der Waals surface area contributed by atoms with E-state index in [0.29, 0.717) is 6.42 Å². The van der Waals surface area contributed by atoms with E-state index >= 15 is 0 Å². The van der Waals surface area contributed by atoms with Gasteiger partial charge in [-0.1, -0.05) is 36.4 Å². The number of fused-ring (bicyclic) bond motifs is 1. The molecule has 21 heavy (non-hydrogen) atoms. The molecule has 0 saturated heterocycles. The Hall–Kier alpha value is -2.16. The molecule has 0 saturated carbocycles. The zero-order chi connectivity index (χ0) is 14.7. The van der Waals surface area contributed by atoms with E-state index in [1.165, 1.54) is 23.3 Å². The van der Waals surface area contributed by atoms with Gasteiger partial charge in [-0.2, -0.15) is 0 Å². The predicted molar refractivity (Wildman–Crippen MR) is 80.4 cm³/mol. The average Bonchev–Trinajstić information content (AvgIpc) is 2.50. The molecule has 0 radical (unpaired) electrons. The van der Waals surface area contributed by atoms with Gasteiger partial charge < -0.3 is 5.32 Å². The van der Waals surface area contributed by atoms with Gasteiger partial charge in [0.05, 0.1) is 12.5 Å². The first-order chi connectivity index (χ1) is 10.2. The minimum absolute atomic E-state index is 0.0108. The van der Waals surface area contributed by atoms with Gasteiger partial charge in [0.2, 0.25) is 5.91 Å². The van der Waals surface area contributed by atoms with Crippen LogP contribution < -0.4 is 5.32 Å². The van der Waals surface area contributed by atoms with Gasteiger partial charge in [0.1, 0.15) is 5.82 Å². The highest BCUT2D eigenvalue weighted by Crippen LogP contribution is 2.29. The topological polar surface area (TPSA) is 29.1 Å². The van der Waals surface area contributed by atoms with Gasteiger partial charge in [-0.3, -0.25) is 4.79 Å². The lowest BCUT2D eigenvalue weighted by atomic mass is 9.87. The summed E-state index contributed by atoms with van der Waals surface area (Å²) in [5.74, 6) is -0.288. The molecule has 0 fully saturated rings. The van der Waals surface area contributed by atoms with Crippen molar-refractivity contribution < 1.29 is 9.18 Å². The fourth-order valence-corrected chi connectivity index (χ4v) is 2.94. The van der Waals surface area contributed by atoms with E-state index in [4.69, 9.17) is 0 Å². The number of aryl methyl sites for hydroxylation is 1. The number of halogens is 1. The zero-order valence-corrected chi connectivity index (χ0v) is 11.8. The maximum atomic E-state index is 12.9. The summed E-state index contributed by atoms with van der Waals surface area (Å²) in [6.45, 7) is 0. The van der Waals surface area contributed by atoms with Crippen LogP contribution in [0.3, 0.4) is 0 Å². The van der Waals surface area contributed by atoms with Gasteiger partial charge in [-0.15, -0.1) is 0 Å². The summed E-state index contributed by atoms with van der Waals surface area (Å²) >= 11 is 0. The van der Waals surface area contributed by atoms with Crippen molar-refractivity contribution >= 4 is 5.91 Å². The second kappa shape index (κ2) is 6.08. The van der Waals surface area contributed by atoms with Gasteiger partial charge in [-0.05, 0) is 48.1 Å². The van der Waals surface area contributed by atoms with Crippen LogP contribution in [0.15, 0.2) is 48.5 Å². The summed E-state index contributed by atoms with van der Waals surface area (Å²) in [5.41, 5.74) is 3.39. The Balaban J connectivity index is 1.67. The Labute approximate surface area is 124 Å². The van der Waals surface area contributed by atoms with Gasteiger partial charge in [-0.25, -0.2) is 4.39 Å². The fraction of sp³-hybridized carbons (Fsp3) is 0.278. The van der Waals surface area contributed by atoms with E-state index in [-0.39, 0.29) is 17.8 Å². The monoisotopic (exact) mass is 283 g/mol. The first-order valence-corrected chi connectivity index (χ1v) is 7.34. The van der Waals surface area contributed by atoms with Crippen molar-refractivity contribution in [3.05, 3.63) is 71.0 Å². The van der Waals surface area contributed by atoms with E-state index in [9.17, 15) is 9.18 Å². The molecule has 2 nitrogen and oxygen atoms in total. The quantitative estimate of drug-likeness (QED) is 0.917. The third kappa shape index (κ3) is 3.30. The molecule has 3 rings (SSSR count). The van der Waals surface area contributed by atoms with Crippen molar-refractivity contribution in [2.45, 2.75) is 31.7 Å². The maximum absolute atomic E-state index is 12.9. The van der Waals surface area contributed by atoms with Crippen molar-refractivity contribution in [2.75, 3.05) is 0 Å². The first kappa shape index (κ1) is 13.8. The highest BCUT2D eigenvalue weighted by Gasteiger charge is 2.21. The number of rotatable bonds is 3. The van der Waals surface area contributed by atoms with Crippen molar-refractivity contribution in [3.63, 3.8) is 0 Å². The molecule has 1 aliphatic rings. The number of benzene rings is 2. The van der Waals surface area contributed by atoms with Crippen LogP contribution in [0.1, 0.15) is 35.6 Å². The summed E-state index contributed by atoms with van der Waals surface area (Å²) in [4.78, 5) is 12.2. The molecule has 1 aliphatic carbocycles. The van der Waals surface area contributed by atoms with Gasteiger partial charge in [0.15, 0.2) is 0 Å². The molecule has 108 valence electrons. The normalized spacial score (nSPS) is 17.1. The fourth-order valence-electron chi connectivity index (χ4n) is 2.94. The van der Waals surface area contributed by atoms with E-state index in [0.717, 1.165) is 24.8 Å². The molecule has 1 N–H and O–H groups in total. The largest absolute Gasteiger partial charge is 0.349 e. The molecule has 0 bridgehead atoms. The Kier molecular flexibility index (Phi) is 4.00. The van der Waals surface area contributed by atoms with E-state index < -0.39 is 0 Å². The Morgan fingerprint density at radius 2 is 1.90 bits per heavy atom. The molecule has 1 amide bonds. The molecular formula is C18H18FNO. The second-order valence-electron chi connectivity index (χ2n) is 5.51. The highest BCUT2D eigenvalue weighted by molar-refractivity contribution is 5.79. The van der Waals surface area contributed by atoms with Gasteiger partial charge in [0.25, 0.3) is 0 Å². The van der Waals surface area contributed by atoms with E-state index in [1.54, 1.807) is 12.1 Å². The third-order valence-electron chi connectivity index (χ3n) is 3.98. The Bertz CT molecular complexity index is 636. The number of nitrogens with one attached hydrogen (secondary N) is 1. The van der Waals surface area contributed by atoms with Gasteiger partial charge >= 0.3 is 0 Å². The minimum Gasteiger partial charge on any atom is -0.349 e. The molecule has 0 aromatic heterocycles. The number of amides is 1. The predicted octanol–water partition coefficient (Wildman–Crippen LogP) is 3.56. The van der Waals surface area contributed by atoms with Crippen LogP contribution in [0.5, 0.6) is 0 Å². The zero-order valence-electron chi connectivity index (χ0n) is 11.8. The van der Waals surface area contributed by atoms with Crippen molar-refractivity contribution in [1.29, 1.82) is 0 Å². The SMILES string of the molecule is O=C(Cc1ccc(F)cc1)NC1CCCc2ccccc21. The summed E-state index contributed by atoms with van der Waals surface area (Å²) in [5, 5.41) is 3.11. The molecule has 0 spiro atoms. The molecule has 0 aliphatic heterocycles. The van der Waals surface area contributed by atoms with Crippen LogP contribution in [0.25, 0.3) is 0 Å². The van der Waals surface area contributed by atoms with Crippen molar-refractivity contribution in [1.82, 2.24) is 5.32 Å². The first-order valence-electron chi connectivity index (χ1n) is 7.34. The number of hydrogen-bond acceptors (Lipinski definition) is 1. The summed E-state index contributed by atoms with van der Waals surface area (Å²) in [6, 6.07) is 14.5. The second-order valence-corrected chi connectivity index (χ2v) is 5.51. The number of carbonyl (C=O) groups excluding carboxylic acids is 1. The summed E-state index contributed by atoms with van der Waals surface area (Å²) < 4.78 is 12.9. The summed E-state index contributed by atoms with van der Waals surface area (Å²) in [6.07, 6.45) is 3.45. The summed E-state index contributed by atoms with van der Waals surface area (Å²) in [7, 11) is 0. The molecule has 1 atom stereocenters. The van der Waals surface area contributed by atoms with Crippen molar-refractivity contribution in [2.24, 2.45) is 0 Å². The van der Waals surface area contributed by atoms with Crippen LogP contribution in [0.2, 0.25) is 0 Å². The molecule has 0 heterocycles. The van der Waals surface area contributed by atoms with Crippen molar-refractivity contribution in [3.8, 4) is 0 Å². The lowest BCUT2D eigenvalue weighted by Crippen LogP contribution is -2.32. The molecule has 1 unspecified atom stereocenters. The van der Waals surface area contributed by atoms with Crippen LogP contribution >= 0.6 is 0 Å². The lowest BCUT2D eigenvalue weighted by molar-refractivity contribution is -0.121. The maximum Gasteiger partial charge on any atom is 0.224 e. The van der Waals surface area contributed by atoms with Crippen LogP contribution in [-0.2, 0) is 17.6 Å². The van der Waals surface area contributed by atoms with E-state index in [2.05, 4.69) is 17.4 Å². The van der Waals surface area contributed by atoms with Gasteiger partial charge in [0, 0.05) is 0 Å². The van der Waals surface area contributed by atoms with Crippen LogP contribution in [0.4, 0.5) is 4.39 Å². The van der Waals surface area contributed by atoms with E-state index in [1.807, 2.05) is 12.1 Å². The standard InChI is InChI=1S/C18H18FNO/c19-15-10-8-13(9-11-15)12-18(21)20-17-7-3-5-14-4-1-2-6-16(14)17/h1-2,4,6,8-11,17H,3,5,7,12H2,(H,20,21). The third-order valence-corrected chi connectivity index (χ3v) is 3.98. The average molecular weight is 283 g/mol. The molecular weight excluding hydrogens is 265 g/mol. The lowest BCUT2D eigenvalue weighted by Gasteiger charge is -2.26. The number of hydrogen-bond donors (Lipinski definition) is 1. The molecule has 2 aromatic carbocycles. The molecule has 2 aromatic rings.